The van der Waals surface area contributed by atoms with Crippen LogP contribution in [0.4, 0.5) is 13.2 Å². The number of sulfonamides is 1. The highest BCUT2D eigenvalue weighted by Gasteiger charge is 2.34. The molecule has 0 aliphatic heterocycles. The van der Waals surface area contributed by atoms with E-state index in [0.29, 0.717) is 6.07 Å². The second-order valence-corrected chi connectivity index (χ2v) is 9.14. The van der Waals surface area contributed by atoms with Crippen molar-refractivity contribution in [3.8, 4) is 0 Å². The SMILES string of the molecule is CC(C)CN(CC(C)C)S(=O)(=O)c1cc(Br)cc(C(F)(F)F)c1. The predicted molar refractivity (Wildman–Crippen MR) is 87.6 cm³/mol. The Hall–Kier alpha value is -0.600. The second kappa shape index (κ2) is 7.53. The van der Waals surface area contributed by atoms with Gasteiger partial charge >= 0.3 is 6.18 Å². The number of benzene rings is 1. The molecule has 23 heavy (non-hydrogen) atoms. The van der Waals surface area contributed by atoms with E-state index in [-0.39, 0.29) is 34.3 Å². The fourth-order valence-electron chi connectivity index (χ4n) is 2.11. The fraction of sp³-hybridized carbons (Fsp3) is 0.600. The van der Waals surface area contributed by atoms with Crippen LogP contribution in [0, 0.1) is 11.8 Å². The summed E-state index contributed by atoms with van der Waals surface area (Å²) in [6, 6.07) is 2.76. The highest BCUT2D eigenvalue weighted by atomic mass is 79.9. The van der Waals surface area contributed by atoms with Crippen LogP contribution in [0.15, 0.2) is 27.6 Å². The molecule has 0 atom stereocenters. The summed E-state index contributed by atoms with van der Waals surface area (Å²) < 4.78 is 65.7. The monoisotopic (exact) mass is 415 g/mol. The first kappa shape index (κ1) is 20.4. The van der Waals surface area contributed by atoms with E-state index >= 15 is 0 Å². The van der Waals surface area contributed by atoms with Crippen LogP contribution >= 0.6 is 15.9 Å². The number of nitrogens with zero attached hydrogens (tertiary/aromatic N) is 1. The maximum atomic E-state index is 12.9. The molecule has 0 saturated carbocycles. The lowest BCUT2D eigenvalue weighted by Gasteiger charge is -2.26. The quantitative estimate of drug-likeness (QED) is 0.670. The molecule has 1 rings (SSSR count). The Kier molecular flexibility index (Phi) is 6.69. The van der Waals surface area contributed by atoms with Crippen molar-refractivity contribution in [3.05, 3.63) is 28.2 Å². The zero-order valence-electron chi connectivity index (χ0n) is 13.5. The summed E-state index contributed by atoms with van der Waals surface area (Å²) in [4.78, 5) is -0.347. The third-order valence-corrected chi connectivity index (χ3v) is 5.24. The maximum Gasteiger partial charge on any atom is 0.416 e. The molecule has 0 aliphatic carbocycles. The van der Waals surface area contributed by atoms with Gasteiger partial charge < -0.3 is 0 Å². The zero-order valence-corrected chi connectivity index (χ0v) is 15.9. The number of halogens is 4. The van der Waals surface area contributed by atoms with Crippen molar-refractivity contribution in [2.24, 2.45) is 11.8 Å². The normalized spacial score (nSPS) is 13.3. The summed E-state index contributed by atoms with van der Waals surface area (Å²) in [6.45, 7) is 7.98. The van der Waals surface area contributed by atoms with Gasteiger partial charge in [0.2, 0.25) is 10.0 Å². The zero-order chi connectivity index (χ0) is 18.0. The molecule has 0 heterocycles. The van der Waals surface area contributed by atoms with E-state index in [1.807, 2.05) is 27.7 Å². The molecular formula is C15H21BrF3NO2S. The molecule has 0 radical (unpaired) electrons. The smallest absolute Gasteiger partial charge is 0.207 e. The number of hydrogen-bond acceptors (Lipinski definition) is 2. The van der Waals surface area contributed by atoms with E-state index in [4.69, 9.17) is 0 Å². The van der Waals surface area contributed by atoms with Gasteiger partial charge in [0.05, 0.1) is 10.5 Å². The Morgan fingerprint density at radius 1 is 1.04 bits per heavy atom. The first-order valence-corrected chi connectivity index (χ1v) is 9.45. The van der Waals surface area contributed by atoms with Gasteiger partial charge in [-0.15, -0.1) is 0 Å². The lowest BCUT2D eigenvalue weighted by molar-refractivity contribution is -0.137. The van der Waals surface area contributed by atoms with Gasteiger partial charge in [-0.25, -0.2) is 8.42 Å². The Morgan fingerprint density at radius 3 is 1.91 bits per heavy atom. The van der Waals surface area contributed by atoms with Gasteiger partial charge in [-0.1, -0.05) is 43.6 Å². The van der Waals surface area contributed by atoms with Crippen molar-refractivity contribution >= 4 is 26.0 Å². The predicted octanol–water partition coefficient (Wildman–Crippen LogP) is 4.77. The molecule has 0 bridgehead atoms. The molecule has 1 aromatic carbocycles. The van der Waals surface area contributed by atoms with Crippen LogP contribution in [0.2, 0.25) is 0 Å². The van der Waals surface area contributed by atoms with Crippen LogP contribution in [-0.4, -0.2) is 25.8 Å². The molecule has 0 unspecified atom stereocenters. The Balaban J connectivity index is 3.36. The minimum Gasteiger partial charge on any atom is -0.207 e. The molecule has 0 spiro atoms. The van der Waals surface area contributed by atoms with E-state index in [1.165, 1.54) is 10.4 Å². The van der Waals surface area contributed by atoms with Gasteiger partial charge in [0.1, 0.15) is 0 Å². The molecule has 132 valence electrons. The lowest BCUT2D eigenvalue weighted by atomic mass is 10.2. The molecule has 0 amide bonds. The van der Waals surface area contributed by atoms with E-state index in [2.05, 4.69) is 15.9 Å². The Labute approximate surface area is 144 Å². The van der Waals surface area contributed by atoms with Gasteiger partial charge in [0, 0.05) is 17.6 Å². The standard InChI is InChI=1S/C15H21BrF3NO2S/c1-10(2)8-20(9-11(3)4)23(21,22)14-6-12(15(17,18)19)5-13(16)7-14/h5-7,10-11H,8-9H2,1-4H3. The van der Waals surface area contributed by atoms with E-state index in [0.717, 1.165) is 6.07 Å². The van der Waals surface area contributed by atoms with E-state index < -0.39 is 21.8 Å². The average molecular weight is 416 g/mol. The molecule has 0 aliphatic rings. The first-order chi connectivity index (χ1) is 10.3. The molecule has 1 aromatic rings. The Bertz CT molecular complexity index is 633. The number of hydrogen-bond donors (Lipinski definition) is 0. The summed E-state index contributed by atoms with van der Waals surface area (Å²) in [7, 11) is -3.99. The van der Waals surface area contributed by atoms with Crippen LogP contribution in [0.3, 0.4) is 0 Å². The summed E-state index contributed by atoms with van der Waals surface area (Å²) in [5, 5.41) is 0. The van der Waals surface area contributed by atoms with Crippen LogP contribution in [-0.2, 0) is 16.2 Å². The topological polar surface area (TPSA) is 37.4 Å². The van der Waals surface area contributed by atoms with Gasteiger partial charge in [-0.3, -0.25) is 0 Å². The van der Waals surface area contributed by atoms with Gasteiger partial charge in [0.25, 0.3) is 0 Å². The molecule has 0 fully saturated rings. The van der Waals surface area contributed by atoms with Crippen LogP contribution < -0.4 is 0 Å². The highest BCUT2D eigenvalue weighted by Crippen LogP contribution is 2.34. The molecule has 3 nitrogen and oxygen atoms in total. The van der Waals surface area contributed by atoms with Crippen molar-refractivity contribution in [2.45, 2.75) is 38.8 Å². The minimum absolute atomic E-state index is 0.0674. The lowest BCUT2D eigenvalue weighted by Crippen LogP contribution is -2.37. The minimum atomic E-state index is -4.60. The largest absolute Gasteiger partial charge is 0.416 e. The van der Waals surface area contributed by atoms with Crippen molar-refractivity contribution in [3.63, 3.8) is 0 Å². The third kappa shape index (κ3) is 5.76. The first-order valence-electron chi connectivity index (χ1n) is 7.22. The second-order valence-electron chi connectivity index (χ2n) is 6.28. The van der Waals surface area contributed by atoms with Crippen LogP contribution in [0.25, 0.3) is 0 Å². The molecular weight excluding hydrogens is 395 g/mol. The summed E-state index contributed by atoms with van der Waals surface area (Å²) in [5.41, 5.74) is -0.987. The number of rotatable bonds is 6. The van der Waals surface area contributed by atoms with E-state index in [9.17, 15) is 21.6 Å². The Morgan fingerprint density at radius 2 is 1.52 bits per heavy atom. The van der Waals surface area contributed by atoms with Crippen LogP contribution in [0.5, 0.6) is 0 Å². The highest BCUT2D eigenvalue weighted by molar-refractivity contribution is 9.10. The van der Waals surface area contributed by atoms with Crippen molar-refractivity contribution in [1.29, 1.82) is 0 Å². The molecule has 0 saturated heterocycles. The molecule has 8 heteroatoms. The van der Waals surface area contributed by atoms with Crippen molar-refractivity contribution in [1.82, 2.24) is 4.31 Å². The van der Waals surface area contributed by atoms with Gasteiger partial charge in [-0.2, -0.15) is 17.5 Å². The third-order valence-electron chi connectivity index (χ3n) is 2.97. The molecule has 0 aromatic heterocycles. The molecule has 0 N–H and O–H groups in total. The van der Waals surface area contributed by atoms with Gasteiger partial charge in [0.15, 0.2) is 0 Å². The maximum absolute atomic E-state index is 12.9. The van der Waals surface area contributed by atoms with E-state index in [1.54, 1.807) is 0 Å². The van der Waals surface area contributed by atoms with Crippen molar-refractivity contribution < 1.29 is 21.6 Å². The van der Waals surface area contributed by atoms with Crippen molar-refractivity contribution in [2.75, 3.05) is 13.1 Å². The van der Waals surface area contributed by atoms with Gasteiger partial charge in [-0.05, 0) is 30.0 Å². The summed E-state index contributed by atoms with van der Waals surface area (Å²) in [6.07, 6.45) is -4.60. The fourth-order valence-corrected chi connectivity index (χ4v) is 4.59. The number of alkyl halides is 3. The summed E-state index contributed by atoms with van der Waals surface area (Å²) >= 11 is 2.97. The van der Waals surface area contributed by atoms with Crippen LogP contribution in [0.1, 0.15) is 33.3 Å². The summed E-state index contributed by atoms with van der Waals surface area (Å²) in [5.74, 6) is 0.135. The average Bonchev–Trinajstić information content (AvgIpc) is 2.35.